The highest BCUT2D eigenvalue weighted by molar-refractivity contribution is 5.50. The van der Waals surface area contributed by atoms with Gasteiger partial charge in [-0.2, -0.15) is 13.2 Å². The summed E-state index contributed by atoms with van der Waals surface area (Å²) in [7, 11) is 0. The first-order valence-electron chi connectivity index (χ1n) is 3.94. The molecule has 4 heteroatoms. The van der Waals surface area contributed by atoms with Crippen molar-refractivity contribution in [3.8, 4) is 0 Å². The molecule has 14 heavy (non-hydrogen) atoms. The van der Waals surface area contributed by atoms with Crippen LogP contribution < -0.4 is 0 Å². The normalized spacial score (nSPS) is 12.4. The van der Waals surface area contributed by atoms with Gasteiger partial charge in [0.15, 0.2) is 0 Å². The van der Waals surface area contributed by atoms with Crippen LogP contribution in [-0.4, -0.2) is 0 Å². The van der Waals surface area contributed by atoms with Gasteiger partial charge in [0.2, 0.25) is 0 Å². The molecular formula is C10H8F4. The molecule has 0 N–H and O–H groups in total. The van der Waals surface area contributed by atoms with Crippen LogP contribution >= 0.6 is 0 Å². The molecule has 0 atom stereocenters. The van der Waals surface area contributed by atoms with Crippen molar-refractivity contribution in [3.05, 3.63) is 41.2 Å². The predicted octanol–water partition coefficient (Wildman–Crippen LogP) is 3.88. The molecule has 76 valence electrons. The predicted molar refractivity (Wildman–Crippen MR) is 46.1 cm³/mol. The van der Waals surface area contributed by atoms with Gasteiger partial charge in [0.05, 0.1) is 5.56 Å². The Balaban J connectivity index is 3.13. The molecule has 0 amide bonds. The first kappa shape index (κ1) is 10.8. The van der Waals surface area contributed by atoms with Crippen molar-refractivity contribution in [1.82, 2.24) is 0 Å². The van der Waals surface area contributed by atoms with Crippen LogP contribution in [0.1, 0.15) is 18.1 Å². The number of hydrogen-bond donors (Lipinski definition) is 0. The molecule has 0 fully saturated rings. The highest BCUT2D eigenvalue weighted by Gasteiger charge is 2.30. The second-order valence-electron chi connectivity index (χ2n) is 2.73. The molecule has 0 aliphatic heterocycles. The highest BCUT2D eigenvalue weighted by Crippen LogP contribution is 2.30. The fourth-order valence-corrected chi connectivity index (χ4v) is 1.02. The van der Waals surface area contributed by atoms with Gasteiger partial charge in [0.1, 0.15) is 5.82 Å². The van der Waals surface area contributed by atoms with Crippen molar-refractivity contribution >= 4 is 6.08 Å². The third-order valence-corrected chi connectivity index (χ3v) is 1.67. The van der Waals surface area contributed by atoms with Gasteiger partial charge in [-0.25, -0.2) is 4.39 Å². The summed E-state index contributed by atoms with van der Waals surface area (Å²) >= 11 is 0. The molecule has 0 bridgehead atoms. The van der Waals surface area contributed by atoms with E-state index in [1.807, 2.05) is 0 Å². The van der Waals surface area contributed by atoms with Crippen molar-refractivity contribution in [2.24, 2.45) is 0 Å². The molecule has 0 heterocycles. The summed E-state index contributed by atoms with van der Waals surface area (Å²) in [5.74, 6) is -0.863. The largest absolute Gasteiger partial charge is 0.416 e. The molecule has 0 radical (unpaired) electrons. The SMILES string of the molecule is CC=Cc1ccc(C(F)(F)F)cc1F. The van der Waals surface area contributed by atoms with Crippen LogP contribution in [0.5, 0.6) is 0 Å². The second-order valence-corrected chi connectivity index (χ2v) is 2.73. The van der Waals surface area contributed by atoms with Crippen LogP contribution in [0.15, 0.2) is 24.3 Å². The van der Waals surface area contributed by atoms with Gasteiger partial charge in [-0.15, -0.1) is 0 Å². The number of hydrogen-bond acceptors (Lipinski definition) is 0. The van der Waals surface area contributed by atoms with Gasteiger partial charge in [0.25, 0.3) is 0 Å². The molecule has 0 unspecified atom stereocenters. The Morgan fingerprint density at radius 2 is 1.86 bits per heavy atom. The molecule has 0 spiro atoms. The Hall–Kier alpha value is -1.32. The van der Waals surface area contributed by atoms with Crippen LogP contribution in [0.25, 0.3) is 6.08 Å². The standard InChI is InChI=1S/C10H8F4/c1-2-3-7-4-5-8(6-9(7)11)10(12,13)14/h2-6H,1H3. The summed E-state index contributed by atoms with van der Waals surface area (Å²) in [6.07, 6.45) is -1.52. The minimum atomic E-state index is -4.49. The molecule has 1 aromatic carbocycles. The van der Waals surface area contributed by atoms with Crippen LogP contribution in [0.4, 0.5) is 17.6 Å². The molecule has 0 aliphatic carbocycles. The zero-order chi connectivity index (χ0) is 10.8. The number of benzene rings is 1. The van der Waals surface area contributed by atoms with Gasteiger partial charge in [-0.3, -0.25) is 0 Å². The number of allylic oxidation sites excluding steroid dienone is 1. The molecule has 0 saturated heterocycles. The maximum atomic E-state index is 13.0. The third-order valence-electron chi connectivity index (χ3n) is 1.67. The zero-order valence-corrected chi connectivity index (χ0v) is 7.40. The van der Waals surface area contributed by atoms with Gasteiger partial charge in [0, 0.05) is 5.56 Å². The molecular weight excluding hydrogens is 196 g/mol. The van der Waals surface area contributed by atoms with Crippen molar-refractivity contribution in [2.75, 3.05) is 0 Å². The highest BCUT2D eigenvalue weighted by atomic mass is 19.4. The average molecular weight is 204 g/mol. The summed E-state index contributed by atoms with van der Waals surface area (Å²) in [4.78, 5) is 0. The Kier molecular flexibility index (Phi) is 2.93. The summed E-state index contributed by atoms with van der Waals surface area (Å²) in [6.45, 7) is 1.66. The van der Waals surface area contributed by atoms with Gasteiger partial charge in [-0.1, -0.05) is 18.2 Å². The summed E-state index contributed by atoms with van der Waals surface area (Å²) < 4.78 is 49.3. The van der Waals surface area contributed by atoms with E-state index in [2.05, 4.69) is 0 Å². The third kappa shape index (κ3) is 2.34. The van der Waals surface area contributed by atoms with Gasteiger partial charge in [-0.05, 0) is 19.1 Å². The average Bonchev–Trinajstić information content (AvgIpc) is 2.07. The van der Waals surface area contributed by atoms with E-state index in [9.17, 15) is 17.6 Å². The summed E-state index contributed by atoms with van der Waals surface area (Å²) in [5, 5.41) is 0. The first-order valence-corrected chi connectivity index (χ1v) is 3.94. The fraction of sp³-hybridized carbons (Fsp3) is 0.200. The number of rotatable bonds is 1. The van der Waals surface area contributed by atoms with Crippen molar-refractivity contribution < 1.29 is 17.6 Å². The van der Waals surface area contributed by atoms with Crippen LogP contribution in [0.3, 0.4) is 0 Å². The summed E-state index contributed by atoms with van der Waals surface area (Å²) in [5.41, 5.74) is -0.816. The van der Waals surface area contributed by atoms with Crippen molar-refractivity contribution in [2.45, 2.75) is 13.1 Å². The Morgan fingerprint density at radius 3 is 2.29 bits per heavy atom. The van der Waals surface area contributed by atoms with E-state index in [0.717, 1.165) is 12.1 Å². The van der Waals surface area contributed by atoms with Crippen LogP contribution in [0.2, 0.25) is 0 Å². The maximum Gasteiger partial charge on any atom is 0.416 e. The maximum absolute atomic E-state index is 13.0. The van der Waals surface area contributed by atoms with E-state index >= 15 is 0 Å². The number of alkyl halides is 3. The van der Waals surface area contributed by atoms with Gasteiger partial charge < -0.3 is 0 Å². The minimum Gasteiger partial charge on any atom is -0.206 e. The van der Waals surface area contributed by atoms with Crippen LogP contribution in [-0.2, 0) is 6.18 Å². The van der Waals surface area contributed by atoms with Crippen molar-refractivity contribution in [1.29, 1.82) is 0 Å². The fourth-order valence-electron chi connectivity index (χ4n) is 1.02. The van der Waals surface area contributed by atoms with E-state index < -0.39 is 17.6 Å². The van der Waals surface area contributed by atoms with E-state index in [4.69, 9.17) is 0 Å². The lowest BCUT2D eigenvalue weighted by molar-refractivity contribution is -0.137. The van der Waals surface area contributed by atoms with E-state index in [1.54, 1.807) is 13.0 Å². The monoisotopic (exact) mass is 204 g/mol. The Bertz CT molecular complexity index is 350. The van der Waals surface area contributed by atoms with E-state index in [-0.39, 0.29) is 5.56 Å². The molecule has 1 rings (SSSR count). The van der Waals surface area contributed by atoms with Gasteiger partial charge >= 0.3 is 6.18 Å². The zero-order valence-electron chi connectivity index (χ0n) is 7.40. The molecule has 0 aromatic heterocycles. The minimum absolute atomic E-state index is 0.153. The van der Waals surface area contributed by atoms with E-state index in [0.29, 0.717) is 6.07 Å². The van der Waals surface area contributed by atoms with Crippen molar-refractivity contribution in [3.63, 3.8) is 0 Å². The Morgan fingerprint density at radius 1 is 1.21 bits per heavy atom. The summed E-state index contributed by atoms with van der Waals surface area (Å²) in [6, 6.07) is 2.46. The Labute approximate surface area is 78.9 Å². The topological polar surface area (TPSA) is 0 Å². The lowest BCUT2D eigenvalue weighted by Crippen LogP contribution is -2.05. The molecule has 0 saturated carbocycles. The lowest BCUT2D eigenvalue weighted by atomic mass is 10.1. The lowest BCUT2D eigenvalue weighted by Gasteiger charge is -2.07. The molecule has 1 aromatic rings. The van der Waals surface area contributed by atoms with E-state index in [1.165, 1.54) is 6.08 Å². The second kappa shape index (κ2) is 3.82. The van der Waals surface area contributed by atoms with Crippen LogP contribution in [0, 0.1) is 5.82 Å². The smallest absolute Gasteiger partial charge is 0.206 e. The number of halogens is 4. The quantitative estimate of drug-likeness (QED) is 0.609. The molecule has 0 aliphatic rings. The molecule has 0 nitrogen and oxygen atoms in total. The first-order chi connectivity index (χ1) is 6.45.